The van der Waals surface area contributed by atoms with E-state index in [-0.39, 0.29) is 12.1 Å². The molecule has 1 fully saturated rings. The van der Waals surface area contributed by atoms with Crippen molar-refractivity contribution in [3.8, 4) is 0 Å². The summed E-state index contributed by atoms with van der Waals surface area (Å²) >= 11 is 13.4. The van der Waals surface area contributed by atoms with Crippen LogP contribution < -0.4 is 0 Å². The number of hydrogen-bond acceptors (Lipinski definition) is 2. The van der Waals surface area contributed by atoms with E-state index in [0.717, 1.165) is 47.4 Å². The van der Waals surface area contributed by atoms with Crippen molar-refractivity contribution in [3.63, 3.8) is 0 Å². The van der Waals surface area contributed by atoms with E-state index in [1.165, 1.54) is 11.1 Å². The highest BCUT2D eigenvalue weighted by Gasteiger charge is 2.32. The second kappa shape index (κ2) is 10.8. The molecule has 4 aromatic carbocycles. The fraction of sp³-hybridized carbons (Fsp3) is 0.200. The Kier molecular flexibility index (Phi) is 7.32. The van der Waals surface area contributed by atoms with E-state index in [4.69, 9.17) is 23.2 Å². The van der Waals surface area contributed by atoms with Gasteiger partial charge in [-0.2, -0.15) is 0 Å². The van der Waals surface area contributed by atoms with Gasteiger partial charge in [-0.25, -0.2) is 0 Å². The van der Waals surface area contributed by atoms with E-state index in [2.05, 4.69) is 94.7 Å². The zero-order valence-corrected chi connectivity index (χ0v) is 20.5. The third-order valence-corrected chi connectivity index (χ3v) is 7.40. The van der Waals surface area contributed by atoms with Crippen LogP contribution in [0.25, 0.3) is 0 Å². The zero-order chi connectivity index (χ0) is 23.3. The highest BCUT2D eigenvalue weighted by atomic mass is 35.5. The van der Waals surface area contributed by atoms with Gasteiger partial charge in [-0.05, 0) is 34.4 Å². The number of piperazine rings is 1. The van der Waals surface area contributed by atoms with Crippen LogP contribution in [0.5, 0.6) is 0 Å². The molecule has 0 bridgehead atoms. The summed E-state index contributed by atoms with van der Waals surface area (Å²) in [6.07, 6.45) is 0. The largest absolute Gasteiger partial charge is 0.290 e. The van der Waals surface area contributed by atoms with Crippen LogP contribution in [0.15, 0.2) is 109 Å². The van der Waals surface area contributed by atoms with Crippen LogP contribution in [0, 0.1) is 0 Å². The Hall–Kier alpha value is -2.62. The van der Waals surface area contributed by atoms with Gasteiger partial charge in [0.25, 0.3) is 0 Å². The zero-order valence-electron chi connectivity index (χ0n) is 19.0. The van der Waals surface area contributed by atoms with Crippen LogP contribution in [0.4, 0.5) is 0 Å². The molecule has 0 N–H and O–H groups in total. The first-order valence-corrected chi connectivity index (χ1v) is 12.5. The monoisotopic (exact) mass is 486 g/mol. The third kappa shape index (κ3) is 4.92. The normalized spacial score (nSPS) is 16.8. The Bertz CT molecular complexity index is 1110. The fourth-order valence-corrected chi connectivity index (χ4v) is 5.57. The molecule has 4 heteroatoms. The van der Waals surface area contributed by atoms with Crippen molar-refractivity contribution < 1.29 is 0 Å². The average molecular weight is 487 g/mol. The Balaban J connectivity index is 1.44. The minimum atomic E-state index is 0.132. The minimum absolute atomic E-state index is 0.132. The molecule has 0 amide bonds. The lowest BCUT2D eigenvalue weighted by molar-refractivity contribution is 0.0899. The van der Waals surface area contributed by atoms with Gasteiger partial charge in [0.05, 0.1) is 12.1 Å². The second-order valence-electron chi connectivity index (χ2n) is 8.74. The Morgan fingerprint density at radius 3 is 1.12 bits per heavy atom. The first-order chi connectivity index (χ1) is 16.7. The molecule has 1 heterocycles. The average Bonchev–Trinajstić information content (AvgIpc) is 2.89. The number of nitrogens with zero attached hydrogens (tertiary/aromatic N) is 2. The van der Waals surface area contributed by atoms with Crippen LogP contribution in [-0.4, -0.2) is 36.0 Å². The van der Waals surface area contributed by atoms with Crippen molar-refractivity contribution in [1.82, 2.24) is 9.80 Å². The molecule has 34 heavy (non-hydrogen) atoms. The van der Waals surface area contributed by atoms with Crippen LogP contribution in [0.1, 0.15) is 34.3 Å². The minimum Gasteiger partial charge on any atom is -0.290 e. The van der Waals surface area contributed by atoms with Crippen molar-refractivity contribution in [2.75, 3.05) is 26.2 Å². The fourth-order valence-electron chi connectivity index (χ4n) is 5.09. The predicted octanol–water partition coefficient (Wildman–Crippen LogP) is 7.49. The highest BCUT2D eigenvalue weighted by Crippen LogP contribution is 2.37. The molecule has 1 saturated heterocycles. The van der Waals surface area contributed by atoms with Crippen molar-refractivity contribution in [2.24, 2.45) is 0 Å². The van der Waals surface area contributed by atoms with Gasteiger partial charge in [0, 0.05) is 36.2 Å². The molecular weight excluding hydrogens is 459 g/mol. The third-order valence-electron chi connectivity index (χ3n) is 6.71. The molecule has 0 radical (unpaired) electrons. The molecular formula is C30H28Cl2N2. The topological polar surface area (TPSA) is 6.48 Å². The van der Waals surface area contributed by atoms with E-state index >= 15 is 0 Å². The van der Waals surface area contributed by atoms with Gasteiger partial charge in [0.1, 0.15) is 0 Å². The SMILES string of the molecule is Clc1ccccc1[C@@H](c1ccccc1)N1CCN([C@@H](c2ccccc2)c2ccccc2Cl)CC1. The molecule has 1 aliphatic rings. The lowest BCUT2D eigenvalue weighted by Gasteiger charge is -2.43. The number of benzene rings is 4. The van der Waals surface area contributed by atoms with Crippen molar-refractivity contribution in [1.29, 1.82) is 0 Å². The van der Waals surface area contributed by atoms with E-state index < -0.39 is 0 Å². The summed E-state index contributed by atoms with van der Waals surface area (Å²) in [6, 6.07) is 38.1. The maximum absolute atomic E-state index is 6.69. The standard InChI is InChI=1S/C30H28Cl2N2/c31-27-17-9-7-15-25(27)29(23-11-3-1-4-12-23)33-19-21-34(22-20-33)30(24-13-5-2-6-14-24)26-16-8-10-18-28(26)32/h1-18,29-30H,19-22H2/t29-,30+. The summed E-state index contributed by atoms with van der Waals surface area (Å²) in [6.45, 7) is 3.77. The van der Waals surface area contributed by atoms with Crippen LogP contribution in [0.2, 0.25) is 10.0 Å². The summed E-state index contributed by atoms with van der Waals surface area (Å²) in [5.74, 6) is 0. The molecule has 1 aliphatic heterocycles. The maximum atomic E-state index is 6.69. The first-order valence-electron chi connectivity index (χ1n) is 11.8. The Morgan fingerprint density at radius 2 is 0.765 bits per heavy atom. The molecule has 0 spiro atoms. The summed E-state index contributed by atoms with van der Waals surface area (Å²) in [7, 11) is 0. The van der Waals surface area contributed by atoms with E-state index in [9.17, 15) is 0 Å². The summed E-state index contributed by atoms with van der Waals surface area (Å²) in [5.41, 5.74) is 4.87. The van der Waals surface area contributed by atoms with E-state index in [0.29, 0.717) is 0 Å². The summed E-state index contributed by atoms with van der Waals surface area (Å²) in [5, 5.41) is 1.63. The number of hydrogen-bond donors (Lipinski definition) is 0. The Morgan fingerprint density at radius 1 is 0.441 bits per heavy atom. The van der Waals surface area contributed by atoms with E-state index in [1.54, 1.807) is 0 Å². The second-order valence-corrected chi connectivity index (χ2v) is 9.56. The Labute approximate surface area is 212 Å². The molecule has 0 unspecified atom stereocenters. The maximum Gasteiger partial charge on any atom is 0.0617 e. The molecule has 0 aliphatic carbocycles. The number of rotatable bonds is 6. The molecule has 2 atom stereocenters. The van der Waals surface area contributed by atoms with Gasteiger partial charge in [0.15, 0.2) is 0 Å². The molecule has 2 nitrogen and oxygen atoms in total. The molecule has 0 saturated carbocycles. The smallest absolute Gasteiger partial charge is 0.0617 e. The van der Waals surface area contributed by atoms with Gasteiger partial charge < -0.3 is 0 Å². The summed E-state index contributed by atoms with van der Waals surface area (Å²) < 4.78 is 0. The van der Waals surface area contributed by atoms with Crippen LogP contribution in [-0.2, 0) is 0 Å². The lowest BCUT2D eigenvalue weighted by Crippen LogP contribution is -2.49. The van der Waals surface area contributed by atoms with Crippen LogP contribution in [0.3, 0.4) is 0 Å². The van der Waals surface area contributed by atoms with Gasteiger partial charge in [0.2, 0.25) is 0 Å². The number of halogens is 2. The molecule has 172 valence electrons. The van der Waals surface area contributed by atoms with Gasteiger partial charge >= 0.3 is 0 Å². The quantitative estimate of drug-likeness (QED) is 0.278. The van der Waals surface area contributed by atoms with Crippen molar-refractivity contribution in [2.45, 2.75) is 12.1 Å². The lowest BCUT2D eigenvalue weighted by atomic mass is 9.94. The summed E-state index contributed by atoms with van der Waals surface area (Å²) in [4.78, 5) is 5.11. The van der Waals surface area contributed by atoms with Gasteiger partial charge in [-0.1, -0.05) is 120 Å². The van der Waals surface area contributed by atoms with Gasteiger partial charge in [-0.3, -0.25) is 9.80 Å². The predicted molar refractivity (Wildman–Crippen MR) is 143 cm³/mol. The highest BCUT2D eigenvalue weighted by molar-refractivity contribution is 6.31. The molecule has 0 aromatic heterocycles. The van der Waals surface area contributed by atoms with Crippen molar-refractivity contribution in [3.05, 3.63) is 141 Å². The molecule has 5 rings (SSSR count). The van der Waals surface area contributed by atoms with Crippen molar-refractivity contribution >= 4 is 23.2 Å². The van der Waals surface area contributed by atoms with E-state index in [1.807, 2.05) is 24.3 Å². The first kappa shape index (κ1) is 23.1. The van der Waals surface area contributed by atoms with Crippen LogP contribution >= 0.6 is 23.2 Å². The van der Waals surface area contributed by atoms with Gasteiger partial charge in [-0.15, -0.1) is 0 Å². The molecule has 4 aromatic rings.